The first-order chi connectivity index (χ1) is 9.74. The number of benzene rings is 2. The minimum absolute atomic E-state index is 0.00258. The van der Waals surface area contributed by atoms with Gasteiger partial charge in [0.05, 0.1) is 0 Å². The van der Waals surface area contributed by atoms with Gasteiger partial charge in [-0.2, -0.15) is 0 Å². The normalized spacial score (nSPS) is 11.2. The molecular formula is C15H11N3O2. The SMILES string of the molecule is Oc1ccc2ccc(O)c(N=Nc3ccccn3)c2c1. The first kappa shape index (κ1) is 12.1. The van der Waals surface area contributed by atoms with E-state index in [2.05, 4.69) is 15.2 Å². The zero-order chi connectivity index (χ0) is 13.9. The van der Waals surface area contributed by atoms with Gasteiger partial charge in [-0.25, -0.2) is 4.98 Å². The van der Waals surface area contributed by atoms with Gasteiger partial charge in [-0.05, 0) is 35.7 Å². The maximum Gasteiger partial charge on any atom is 0.174 e. The van der Waals surface area contributed by atoms with Crippen molar-refractivity contribution in [2.24, 2.45) is 10.2 Å². The van der Waals surface area contributed by atoms with Crippen LogP contribution in [-0.4, -0.2) is 15.2 Å². The molecule has 0 atom stereocenters. The molecule has 20 heavy (non-hydrogen) atoms. The third-order valence-corrected chi connectivity index (χ3v) is 2.86. The molecule has 2 N–H and O–H groups in total. The highest BCUT2D eigenvalue weighted by Gasteiger charge is 2.07. The fourth-order valence-corrected chi connectivity index (χ4v) is 1.90. The molecule has 3 aromatic rings. The van der Waals surface area contributed by atoms with E-state index in [1.165, 1.54) is 0 Å². The summed E-state index contributed by atoms with van der Waals surface area (Å²) in [5.41, 5.74) is 0.309. The van der Waals surface area contributed by atoms with Crippen LogP contribution in [0.5, 0.6) is 11.5 Å². The van der Waals surface area contributed by atoms with Gasteiger partial charge < -0.3 is 10.2 Å². The lowest BCUT2D eigenvalue weighted by atomic mass is 10.1. The molecule has 0 radical (unpaired) electrons. The predicted octanol–water partition coefficient (Wildman–Crippen LogP) is 4.06. The highest BCUT2D eigenvalue weighted by atomic mass is 16.3. The maximum atomic E-state index is 9.92. The molecule has 0 unspecified atom stereocenters. The summed E-state index contributed by atoms with van der Waals surface area (Å²) < 4.78 is 0. The minimum atomic E-state index is 0.00258. The predicted molar refractivity (Wildman–Crippen MR) is 75.7 cm³/mol. The van der Waals surface area contributed by atoms with Crippen LogP contribution in [0.3, 0.4) is 0 Å². The number of phenolic OH excluding ortho intramolecular Hbond substituents is 2. The van der Waals surface area contributed by atoms with Crippen molar-refractivity contribution < 1.29 is 10.2 Å². The third-order valence-electron chi connectivity index (χ3n) is 2.86. The van der Waals surface area contributed by atoms with Crippen molar-refractivity contribution in [2.45, 2.75) is 0 Å². The standard InChI is InChI=1S/C15H11N3O2/c19-11-6-4-10-5-7-13(20)15(12(10)9-11)18-17-14-3-1-2-8-16-14/h1-9,19-20H. The highest BCUT2D eigenvalue weighted by molar-refractivity contribution is 5.96. The van der Waals surface area contributed by atoms with E-state index in [4.69, 9.17) is 0 Å². The summed E-state index contributed by atoms with van der Waals surface area (Å²) in [6.07, 6.45) is 1.61. The van der Waals surface area contributed by atoms with Gasteiger partial charge in [0.1, 0.15) is 17.2 Å². The largest absolute Gasteiger partial charge is 0.508 e. The summed E-state index contributed by atoms with van der Waals surface area (Å²) in [4.78, 5) is 4.03. The molecule has 0 spiro atoms. The number of aromatic hydroxyl groups is 2. The Morgan fingerprint density at radius 3 is 2.55 bits per heavy atom. The van der Waals surface area contributed by atoms with Gasteiger partial charge in [0, 0.05) is 11.6 Å². The van der Waals surface area contributed by atoms with Gasteiger partial charge in [-0.15, -0.1) is 10.2 Å². The van der Waals surface area contributed by atoms with Crippen LogP contribution in [0.15, 0.2) is 65.0 Å². The first-order valence-corrected chi connectivity index (χ1v) is 6.01. The zero-order valence-electron chi connectivity index (χ0n) is 10.4. The van der Waals surface area contributed by atoms with Crippen LogP contribution in [0.2, 0.25) is 0 Å². The lowest BCUT2D eigenvalue weighted by Crippen LogP contribution is -1.76. The van der Waals surface area contributed by atoms with Crippen molar-refractivity contribution in [3.05, 3.63) is 54.7 Å². The van der Waals surface area contributed by atoms with Gasteiger partial charge in [0.25, 0.3) is 0 Å². The Balaban J connectivity index is 2.13. The number of aromatic nitrogens is 1. The van der Waals surface area contributed by atoms with E-state index in [0.717, 1.165) is 5.39 Å². The van der Waals surface area contributed by atoms with Crippen LogP contribution >= 0.6 is 0 Å². The lowest BCUT2D eigenvalue weighted by molar-refractivity contribution is 0.475. The number of pyridine rings is 1. The molecule has 98 valence electrons. The number of fused-ring (bicyclic) bond motifs is 1. The lowest BCUT2D eigenvalue weighted by Gasteiger charge is -2.04. The van der Waals surface area contributed by atoms with Crippen LogP contribution < -0.4 is 0 Å². The van der Waals surface area contributed by atoms with E-state index in [1.54, 1.807) is 54.7 Å². The number of hydrogen-bond donors (Lipinski definition) is 2. The number of azo groups is 1. The molecule has 5 nitrogen and oxygen atoms in total. The van der Waals surface area contributed by atoms with Crippen molar-refractivity contribution >= 4 is 22.3 Å². The van der Waals surface area contributed by atoms with Gasteiger partial charge in [0.15, 0.2) is 5.82 Å². The third kappa shape index (κ3) is 2.29. The van der Waals surface area contributed by atoms with Crippen molar-refractivity contribution in [3.8, 4) is 11.5 Å². The molecule has 0 amide bonds. The monoisotopic (exact) mass is 265 g/mol. The van der Waals surface area contributed by atoms with E-state index in [9.17, 15) is 10.2 Å². The molecule has 0 saturated heterocycles. The summed E-state index contributed by atoms with van der Waals surface area (Å²) in [5.74, 6) is 0.559. The summed E-state index contributed by atoms with van der Waals surface area (Å²) in [6, 6.07) is 13.5. The van der Waals surface area contributed by atoms with Crippen LogP contribution in [-0.2, 0) is 0 Å². The Kier molecular flexibility index (Phi) is 3.01. The minimum Gasteiger partial charge on any atom is -0.508 e. The van der Waals surface area contributed by atoms with E-state index in [0.29, 0.717) is 16.9 Å². The fraction of sp³-hybridized carbons (Fsp3) is 0. The van der Waals surface area contributed by atoms with Crippen LogP contribution in [0, 0.1) is 0 Å². The Hall–Kier alpha value is -2.95. The van der Waals surface area contributed by atoms with Crippen molar-refractivity contribution in [3.63, 3.8) is 0 Å². The average molecular weight is 265 g/mol. The molecule has 0 aliphatic carbocycles. The van der Waals surface area contributed by atoms with E-state index >= 15 is 0 Å². The smallest absolute Gasteiger partial charge is 0.174 e. The molecule has 0 aliphatic heterocycles. The summed E-state index contributed by atoms with van der Waals surface area (Å²) in [7, 11) is 0. The second-order valence-corrected chi connectivity index (χ2v) is 4.23. The van der Waals surface area contributed by atoms with Crippen LogP contribution in [0.1, 0.15) is 0 Å². The summed E-state index contributed by atoms with van der Waals surface area (Å²) in [5, 5.41) is 29.0. The molecule has 0 saturated carbocycles. The van der Waals surface area contributed by atoms with Gasteiger partial charge in [-0.3, -0.25) is 0 Å². The van der Waals surface area contributed by atoms with Gasteiger partial charge in [-0.1, -0.05) is 18.2 Å². The molecule has 5 heteroatoms. The second-order valence-electron chi connectivity index (χ2n) is 4.23. The number of hydrogen-bond acceptors (Lipinski definition) is 5. The molecule has 0 fully saturated rings. The topological polar surface area (TPSA) is 78.1 Å². The Morgan fingerprint density at radius 2 is 1.75 bits per heavy atom. The molecule has 1 heterocycles. The van der Waals surface area contributed by atoms with Crippen LogP contribution in [0.25, 0.3) is 10.8 Å². The Labute approximate surface area is 114 Å². The van der Waals surface area contributed by atoms with Crippen molar-refractivity contribution in [1.29, 1.82) is 0 Å². The second kappa shape index (κ2) is 4.97. The Bertz CT molecular complexity index is 780. The maximum absolute atomic E-state index is 9.92. The molecule has 0 bridgehead atoms. The molecule has 0 aliphatic rings. The Morgan fingerprint density at radius 1 is 0.900 bits per heavy atom. The van der Waals surface area contributed by atoms with E-state index < -0.39 is 0 Å². The molecular weight excluding hydrogens is 254 g/mol. The molecule has 2 aromatic carbocycles. The van der Waals surface area contributed by atoms with Crippen LogP contribution in [0.4, 0.5) is 11.5 Å². The summed E-state index contributed by atoms with van der Waals surface area (Å²) >= 11 is 0. The van der Waals surface area contributed by atoms with Gasteiger partial charge >= 0.3 is 0 Å². The molecule has 3 rings (SSSR count). The fourth-order valence-electron chi connectivity index (χ4n) is 1.90. The van der Waals surface area contributed by atoms with Crippen molar-refractivity contribution in [1.82, 2.24) is 4.98 Å². The number of rotatable bonds is 2. The molecule has 1 aromatic heterocycles. The van der Waals surface area contributed by atoms with E-state index in [1.807, 2.05) is 0 Å². The average Bonchev–Trinajstić information content (AvgIpc) is 2.47. The number of phenols is 2. The highest BCUT2D eigenvalue weighted by Crippen LogP contribution is 2.37. The van der Waals surface area contributed by atoms with E-state index in [-0.39, 0.29) is 11.5 Å². The first-order valence-electron chi connectivity index (χ1n) is 6.01. The summed E-state index contributed by atoms with van der Waals surface area (Å²) in [6.45, 7) is 0. The number of nitrogens with zero attached hydrogens (tertiary/aromatic N) is 3. The van der Waals surface area contributed by atoms with Gasteiger partial charge in [0.2, 0.25) is 0 Å². The zero-order valence-corrected chi connectivity index (χ0v) is 10.4. The van der Waals surface area contributed by atoms with Crippen molar-refractivity contribution in [2.75, 3.05) is 0 Å². The quantitative estimate of drug-likeness (QED) is 0.686.